The van der Waals surface area contributed by atoms with Crippen LogP contribution >= 0.6 is 0 Å². The molecule has 2 amide bonds. The lowest BCUT2D eigenvalue weighted by Crippen LogP contribution is -2.45. The summed E-state index contributed by atoms with van der Waals surface area (Å²) in [7, 11) is -3.22. The summed E-state index contributed by atoms with van der Waals surface area (Å²) in [6.45, 7) is 0. The first-order valence-electron chi connectivity index (χ1n) is 5.47. The average molecular weight is 285 g/mol. The van der Waals surface area contributed by atoms with Crippen molar-refractivity contribution in [2.45, 2.75) is 12.5 Å². The van der Waals surface area contributed by atoms with Gasteiger partial charge in [-0.25, -0.2) is 8.42 Å². The third kappa shape index (κ3) is 5.47. The van der Waals surface area contributed by atoms with E-state index in [9.17, 15) is 18.0 Å². The number of hydrogen-bond donors (Lipinski definition) is 2. The molecule has 19 heavy (non-hydrogen) atoms. The molecule has 1 aromatic heterocycles. The van der Waals surface area contributed by atoms with Gasteiger partial charge in [-0.05, 0) is 18.6 Å². The molecule has 0 aliphatic rings. The Balaban J connectivity index is 2.69. The Hall–Kier alpha value is -1.96. The van der Waals surface area contributed by atoms with Crippen LogP contribution in [0.15, 0.2) is 24.5 Å². The Morgan fingerprint density at radius 1 is 1.37 bits per heavy atom. The molecular weight excluding hydrogens is 270 g/mol. The van der Waals surface area contributed by atoms with Gasteiger partial charge in [-0.2, -0.15) is 0 Å². The summed E-state index contributed by atoms with van der Waals surface area (Å²) in [4.78, 5) is 26.7. The number of rotatable bonds is 6. The van der Waals surface area contributed by atoms with E-state index in [4.69, 9.17) is 5.73 Å². The lowest BCUT2D eigenvalue weighted by atomic mass is 10.2. The predicted octanol–water partition coefficient (Wildman–Crippen LogP) is -0.900. The molecule has 1 atom stereocenters. The molecule has 1 rings (SSSR count). The summed E-state index contributed by atoms with van der Waals surface area (Å²) in [6.07, 6.45) is 3.87. The van der Waals surface area contributed by atoms with Crippen LogP contribution in [-0.4, -0.2) is 43.3 Å². The fourth-order valence-electron chi connectivity index (χ4n) is 1.36. The SMILES string of the molecule is CS(=O)(=O)CC[C@H](NC(=O)c1ccncc1)C(N)=O. The maximum atomic E-state index is 11.8. The number of carbonyl (C=O) groups excluding carboxylic acids is 2. The lowest BCUT2D eigenvalue weighted by molar-refractivity contribution is -0.119. The molecule has 0 aromatic carbocycles. The van der Waals surface area contributed by atoms with E-state index in [0.29, 0.717) is 5.56 Å². The molecule has 0 saturated heterocycles. The summed E-state index contributed by atoms with van der Waals surface area (Å²) in [5.41, 5.74) is 5.45. The topological polar surface area (TPSA) is 119 Å². The first kappa shape index (κ1) is 15.1. The molecule has 0 saturated carbocycles. The molecule has 3 N–H and O–H groups in total. The van der Waals surface area contributed by atoms with E-state index >= 15 is 0 Å². The zero-order valence-corrected chi connectivity index (χ0v) is 11.2. The zero-order chi connectivity index (χ0) is 14.5. The van der Waals surface area contributed by atoms with E-state index in [1.54, 1.807) is 0 Å². The standard InChI is InChI=1S/C11H15N3O4S/c1-19(17,18)7-4-9(10(12)15)14-11(16)8-2-5-13-6-3-8/h2-3,5-6,9H,4,7H2,1H3,(H2,12,15)(H,14,16)/t9-/m0/s1. The van der Waals surface area contributed by atoms with Gasteiger partial charge in [0.1, 0.15) is 15.9 Å². The first-order valence-corrected chi connectivity index (χ1v) is 7.53. The fourth-order valence-corrected chi connectivity index (χ4v) is 2.03. The van der Waals surface area contributed by atoms with Crippen molar-refractivity contribution in [2.24, 2.45) is 5.73 Å². The van der Waals surface area contributed by atoms with Gasteiger partial charge >= 0.3 is 0 Å². The number of nitrogens with zero attached hydrogens (tertiary/aromatic N) is 1. The summed E-state index contributed by atoms with van der Waals surface area (Å²) in [5, 5.41) is 2.40. The molecule has 0 unspecified atom stereocenters. The first-order chi connectivity index (χ1) is 8.79. The van der Waals surface area contributed by atoms with Crippen molar-refractivity contribution in [3.63, 3.8) is 0 Å². The Morgan fingerprint density at radius 2 is 1.95 bits per heavy atom. The number of amides is 2. The highest BCUT2D eigenvalue weighted by Crippen LogP contribution is 2.00. The second-order valence-corrected chi connectivity index (χ2v) is 6.34. The second-order valence-electron chi connectivity index (χ2n) is 4.08. The Morgan fingerprint density at radius 3 is 2.42 bits per heavy atom. The van der Waals surface area contributed by atoms with E-state index in [-0.39, 0.29) is 12.2 Å². The molecule has 8 heteroatoms. The van der Waals surface area contributed by atoms with Gasteiger partial charge in [-0.3, -0.25) is 14.6 Å². The largest absolute Gasteiger partial charge is 0.368 e. The fraction of sp³-hybridized carbons (Fsp3) is 0.364. The number of hydrogen-bond acceptors (Lipinski definition) is 5. The van der Waals surface area contributed by atoms with E-state index in [0.717, 1.165) is 6.26 Å². The maximum absolute atomic E-state index is 11.8. The van der Waals surface area contributed by atoms with Crippen LogP contribution in [0.2, 0.25) is 0 Å². The van der Waals surface area contributed by atoms with Crippen LogP contribution in [0.25, 0.3) is 0 Å². The van der Waals surface area contributed by atoms with Gasteiger partial charge in [0.25, 0.3) is 5.91 Å². The van der Waals surface area contributed by atoms with Crippen LogP contribution in [0, 0.1) is 0 Å². The third-order valence-electron chi connectivity index (χ3n) is 2.37. The van der Waals surface area contributed by atoms with Crippen molar-refractivity contribution in [3.05, 3.63) is 30.1 Å². The molecule has 0 aliphatic carbocycles. The Kier molecular flexibility index (Phi) is 4.99. The minimum absolute atomic E-state index is 0.0506. The van der Waals surface area contributed by atoms with Gasteiger partial charge < -0.3 is 11.1 Å². The van der Waals surface area contributed by atoms with E-state index in [1.165, 1.54) is 24.5 Å². The van der Waals surface area contributed by atoms with E-state index in [1.807, 2.05) is 0 Å². The molecule has 0 spiro atoms. The summed E-state index contributed by atoms with van der Waals surface area (Å²) in [6, 6.07) is 1.93. The quantitative estimate of drug-likeness (QED) is 0.702. The van der Waals surface area contributed by atoms with Crippen LogP contribution in [0.4, 0.5) is 0 Å². The molecule has 0 radical (unpaired) electrons. The van der Waals surface area contributed by atoms with Crippen LogP contribution in [-0.2, 0) is 14.6 Å². The summed E-state index contributed by atoms with van der Waals surface area (Å²) < 4.78 is 22.1. The predicted molar refractivity (Wildman–Crippen MR) is 69.0 cm³/mol. The number of nitrogens with two attached hydrogens (primary N) is 1. The molecule has 1 aromatic rings. The molecular formula is C11H15N3O4S. The molecule has 7 nitrogen and oxygen atoms in total. The van der Waals surface area contributed by atoms with E-state index < -0.39 is 27.7 Å². The number of carbonyl (C=O) groups is 2. The molecule has 0 bridgehead atoms. The maximum Gasteiger partial charge on any atom is 0.252 e. The highest BCUT2D eigenvalue weighted by atomic mass is 32.2. The molecule has 104 valence electrons. The summed E-state index contributed by atoms with van der Waals surface area (Å²) >= 11 is 0. The normalized spacial score (nSPS) is 12.7. The van der Waals surface area contributed by atoms with Gasteiger partial charge in [0, 0.05) is 24.2 Å². The van der Waals surface area contributed by atoms with Crippen molar-refractivity contribution < 1.29 is 18.0 Å². The number of nitrogens with one attached hydrogen (secondary N) is 1. The number of sulfone groups is 1. The molecule has 0 fully saturated rings. The molecule has 1 heterocycles. The number of aromatic nitrogens is 1. The van der Waals surface area contributed by atoms with Crippen LogP contribution in [0.5, 0.6) is 0 Å². The minimum atomic E-state index is -3.22. The van der Waals surface area contributed by atoms with Gasteiger partial charge in [-0.15, -0.1) is 0 Å². The van der Waals surface area contributed by atoms with Crippen LogP contribution in [0.3, 0.4) is 0 Å². The second kappa shape index (κ2) is 6.28. The van der Waals surface area contributed by atoms with Crippen LogP contribution in [0.1, 0.15) is 16.8 Å². The zero-order valence-electron chi connectivity index (χ0n) is 10.4. The van der Waals surface area contributed by atoms with Gasteiger partial charge in [0.05, 0.1) is 5.75 Å². The highest BCUT2D eigenvalue weighted by molar-refractivity contribution is 7.90. The Bertz CT molecular complexity index is 557. The van der Waals surface area contributed by atoms with Crippen molar-refractivity contribution in [2.75, 3.05) is 12.0 Å². The average Bonchev–Trinajstić information content (AvgIpc) is 2.33. The van der Waals surface area contributed by atoms with Crippen molar-refractivity contribution in [1.29, 1.82) is 0 Å². The number of pyridine rings is 1. The number of primary amides is 1. The van der Waals surface area contributed by atoms with Crippen LogP contribution < -0.4 is 11.1 Å². The van der Waals surface area contributed by atoms with Gasteiger partial charge in [-0.1, -0.05) is 0 Å². The van der Waals surface area contributed by atoms with E-state index in [2.05, 4.69) is 10.3 Å². The lowest BCUT2D eigenvalue weighted by Gasteiger charge is -2.14. The minimum Gasteiger partial charge on any atom is -0.368 e. The van der Waals surface area contributed by atoms with Crippen molar-refractivity contribution in [1.82, 2.24) is 10.3 Å². The molecule has 0 aliphatic heterocycles. The van der Waals surface area contributed by atoms with Crippen molar-refractivity contribution in [3.8, 4) is 0 Å². The summed E-state index contributed by atoms with van der Waals surface area (Å²) in [5.74, 6) is -1.50. The Labute approximate surface area is 111 Å². The van der Waals surface area contributed by atoms with Gasteiger partial charge in [0.2, 0.25) is 5.91 Å². The smallest absolute Gasteiger partial charge is 0.252 e. The van der Waals surface area contributed by atoms with Crippen molar-refractivity contribution >= 4 is 21.7 Å². The third-order valence-corrected chi connectivity index (χ3v) is 3.35. The monoisotopic (exact) mass is 285 g/mol. The highest BCUT2D eigenvalue weighted by Gasteiger charge is 2.20. The van der Waals surface area contributed by atoms with Gasteiger partial charge in [0.15, 0.2) is 0 Å².